The highest BCUT2D eigenvalue weighted by molar-refractivity contribution is 8.15. The Hall–Kier alpha value is -3.91. The molecule has 2 amide bonds. The summed E-state index contributed by atoms with van der Waals surface area (Å²) in [7, 11) is 1.64. The third kappa shape index (κ3) is 5.18. The van der Waals surface area contributed by atoms with E-state index in [1.807, 2.05) is 90.8 Å². The summed E-state index contributed by atoms with van der Waals surface area (Å²) in [5, 5.41) is 9.50. The van der Waals surface area contributed by atoms with E-state index in [0.717, 1.165) is 28.2 Å². The number of benzene rings is 3. The van der Waals surface area contributed by atoms with Crippen LogP contribution >= 0.6 is 11.8 Å². The molecule has 2 aliphatic rings. The molecular formula is C28H26N4O3S. The van der Waals surface area contributed by atoms with Crippen molar-refractivity contribution in [3.63, 3.8) is 0 Å². The molecule has 1 N–H and O–H groups in total. The number of hydrogen-bond acceptors (Lipinski definition) is 6. The smallest absolute Gasteiger partial charge is 0.262 e. The number of nitrogens with zero attached hydrogens (tertiary/aromatic N) is 3. The van der Waals surface area contributed by atoms with Gasteiger partial charge in [0.15, 0.2) is 5.17 Å². The van der Waals surface area contributed by atoms with Crippen molar-refractivity contribution in [2.45, 2.75) is 31.1 Å². The maximum atomic E-state index is 12.8. The van der Waals surface area contributed by atoms with E-state index in [0.29, 0.717) is 17.3 Å². The lowest BCUT2D eigenvalue weighted by molar-refractivity contribution is -0.121. The Kier molecular flexibility index (Phi) is 6.86. The van der Waals surface area contributed by atoms with Crippen molar-refractivity contribution in [1.82, 2.24) is 5.01 Å². The minimum absolute atomic E-state index is 0.0423. The lowest BCUT2D eigenvalue weighted by atomic mass is 9.98. The molecule has 0 saturated carbocycles. The molecule has 2 atom stereocenters. The summed E-state index contributed by atoms with van der Waals surface area (Å²) in [6.45, 7) is 1.99. The second-order valence-electron chi connectivity index (χ2n) is 8.71. The zero-order chi connectivity index (χ0) is 25.1. The SMILES string of the molecule is COc1ccc([C@@H]2CC(c3ccccc3)=NN2C2=NC(=O)[C@H](CC(=O)Nc3ccc(C)cc3)S2)cc1. The minimum Gasteiger partial charge on any atom is -0.497 e. The molecule has 0 spiro atoms. The number of anilines is 1. The summed E-state index contributed by atoms with van der Waals surface area (Å²) in [5.74, 6) is 0.239. The molecule has 8 heteroatoms. The van der Waals surface area contributed by atoms with Gasteiger partial charge in [0, 0.05) is 18.5 Å². The number of aryl methyl sites for hydroxylation is 1. The van der Waals surface area contributed by atoms with Crippen LogP contribution in [0.25, 0.3) is 0 Å². The molecule has 2 aliphatic heterocycles. The van der Waals surface area contributed by atoms with Gasteiger partial charge in [-0.3, -0.25) is 9.59 Å². The standard InChI is InChI=1S/C28H26N4O3S/c1-18-8-12-21(13-9-18)29-26(33)17-25-27(34)30-28(36-25)32-24(20-10-14-22(35-2)15-11-20)16-23(31-32)19-6-4-3-5-7-19/h3-15,24-25H,16-17H2,1-2H3,(H,29,33)/t24-,25-/m0/s1. The number of aliphatic imine (C=N–C) groups is 1. The van der Waals surface area contributed by atoms with Crippen LogP contribution in [-0.4, -0.2) is 40.1 Å². The molecule has 7 nitrogen and oxygen atoms in total. The number of rotatable bonds is 6. The van der Waals surface area contributed by atoms with E-state index in [-0.39, 0.29) is 24.3 Å². The number of thioether (sulfide) groups is 1. The van der Waals surface area contributed by atoms with Gasteiger partial charge in [-0.15, -0.1) is 0 Å². The fourth-order valence-electron chi connectivity index (χ4n) is 4.20. The molecule has 3 aromatic rings. The summed E-state index contributed by atoms with van der Waals surface area (Å²) in [5.41, 5.74) is 4.82. The molecule has 182 valence electrons. The Bertz CT molecular complexity index is 1320. The van der Waals surface area contributed by atoms with Crippen molar-refractivity contribution >= 4 is 40.1 Å². The number of carbonyl (C=O) groups is 2. The number of amidine groups is 1. The van der Waals surface area contributed by atoms with Gasteiger partial charge in [-0.25, -0.2) is 5.01 Å². The van der Waals surface area contributed by atoms with E-state index >= 15 is 0 Å². The lowest BCUT2D eigenvalue weighted by Crippen LogP contribution is -2.25. The monoisotopic (exact) mass is 498 g/mol. The van der Waals surface area contributed by atoms with Crippen LogP contribution in [0.5, 0.6) is 5.75 Å². The number of hydrogen-bond donors (Lipinski definition) is 1. The predicted molar refractivity (Wildman–Crippen MR) is 143 cm³/mol. The molecular weight excluding hydrogens is 472 g/mol. The Labute approximate surface area is 214 Å². The van der Waals surface area contributed by atoms with Gasteiger partial charge in [0.1, 0.15) is 11.0 Å². The summed E-state index contributed by atoms with van der Waals surface area (Å²) in [6, 6.07) is 25.3. The van der Waals surface area contributed by atoms with Crippen LogP contribution in [0.15, 0.2) is 89.0 Å². The number of nitrogens with one attached hydrogen (secondary N) is 1. The Morgan fingerprint density at radius 1 is 1.06 bits per heavy atom. The largest absolute Gasteiger partial charge is 0.497 e. The molecule has 0 saturated heterocycles. The first-order chi connectivity index (χ1) is 17.5. The van der Waals surface area contributed by atoms with Crippen molar-refractivity contribution in [2.75, 3.05) is 12.4 Å². The van der Waals surface area contributed by atoms with Crippen LogP contribution in [0.3, 0.4) is 0 Å². The van der Waals surface area contributed by atoms with Crippen LogP contribution < -0.4 is 10.1 Å². The molecule has 0 radical (unpaired) electrons. The van der Waals surface area contributed by atoms with Gasteiger partial charge < -0.3 is 10.1 Å². The van der Waals surface area contributed by atoms with Crippen molar-refractivity contribution in [3.8, 4) is 5.75 Å². The summed E-state index contributed by atoms with van der Waals surface area (Å²) >= 11 is 1.29. The average molecular weight is 499 g/mol. The summed E-state index contributed by atoms with van der Waals surface area (Å²) < 4.78 is 5.31. The van der Waals surface area contributed by atoms with Crippen molar-refractivity contribution in [2.24, 2.45) is 10.1 Å². The third-order valence-corrected chi connectivity index (χ3v) is 7.29. The zero-order valence-corrected chi connectivity index (χ0v) is 20.9. The molecule has 2 heterocycles. The molecule has 0 unspecified atom stereocenters. The zero-order valence-electron chi connectivity index (χ0n) is 20.0. The van der Waals surface area contributed by atoms with Crippen LogP contribution in [0, 0.1) is 6.92 Å². The van der Waals surface area contributed by atoms with Gasteiger partial charge >= 0.3 is 0 Å². The van der Waals surface area contributed by atoms with Gasteiger partial charge in [-0.2, -0.15) is 10.1 Å². The number of methoxy groups -OCH3 is 1. The molecule has 0 fully saturated rings. The molecule has 0 aromatic heterocycles. The van der Waals surface area contributed by atoms with E-state index < -0.39 is 5.25 Å². The third-order valence-electron chi connectivity index (χ3n) is 6.15. The van der Waals surface area contributed by atoms with Crippen LogP contribution in [0.2, 0.25) is 0 Å². The molecule has 3 aromatic carbocycles. The van der Waals surface area contributed by atoms with E-state index in [1.54, 1.807) is 7.11 Å². The van der Waals surface area contributed by atoms with Crippen LogP contribution in [-0.2, 0) is 9.59 Å². The van der Waals surface area contributed by atoms with Gasteiger partial charge in [-0.05, 0) is 42.3 Å². The highest BCUT2D eigenvalue weighted by Gasteiger charge is 2.39. The first kappa shape index (κ1) is 23.8. The Morgan fingerprint density at radius 2 is 1.78 bits per heavy atom. The highest BCUT2D eigenvalue weighted by Crippen LogP contribution is 2.39. The second kappa shape index (κ2) is 10.4. The maximum Gasteiger partial charge on any atom is 0.262 e. The maximum absolute atomic E-state index is 12.8. The van der Waals surface area contributed by atoms with Gasteiger partial charge in [-0.1, -0.05) is 71.9 Å². The van der Waals surface area contributed by atoms with Crippen molar-refractivity contribution in [3.05, 3.63) is 95.6 Å². The van der Waals surface area contributed by atoms with Gasteiger partial charge in [0.2, 0.25) is 5.91 Å². The minimum atomic E-state index is -0.585. The molecule has 36 heavy (non-hydrogen) atoms. The lowest BCUT2D eigenvalue weighted by Gasteiger charge is -2.23. The fraction of sp³-hybridized carbons (Fsp3) is 0.214. The molecule has 0 bridgehead atoms. The van der Waals surface area contributed by atoms with Crippen LogP contribution in [0.4, 0.5) is 5.69 Å². The normalized spacial score (nSPS) is 19.2. The summed E-state index contributed by atoms with van der Waals surface area (Å²) in [4.78, 5) is 29.7. The van der Waals surface area contributed by atoms with E-state index in [2.05, 4.69) is 10.3 Å². The second-order valence-corrected chi connectivity index (χ2v) is 9.88. The average Bonchev–Trinajstić information content (AvgIpc) is 3.50. The van der Waals surface area contributed by atoms with E-state index in [9.17, 15) is 9.59 Å². The van der Waals surface area contributed by atoms with Crippen molar-refractivity contribution in [1.29, 1.82) is 0 Å². The Morgan fingerprint density at radius 3 is 2.47 bits per heavy atom. The quantitative estimate of drug-likeness (QED) is 0.506. The predicted octanol–water partition coefficient (Wildman–Crippen LogP) is 5.18. The number of hydrazone groups is 1. The van der Waals surface area contributed by atoms with Crippen LogP contribution in [0.1, 0.15) is 35.6 Å². The highest BCUT2D eigenvalue weighted by atomic mass is 32.2. The first-order valence-corrected chi connectivity index (χ1v) is 12.6. The molecule has 0 aliphatic carbocycles. The topological polar surface area (TPSA) is 83.4 Å². The first-order valence-electron chi connectivity index (χ1n) is 11.7. The number of amides is 2. The number of carbonyl (C=O) groups excluding carboxylic acids is 2. The van der Waals surface area contributed by atoms with Crippen molar-refractivity contribution < 1.29 is 14.3 Å². The Balaban J connectivity index is 1.34. The molecule has 5 rings (SSSR count). The number of ether oxygens (including phenoxy) is 1. The van der Waals surface area contributed by atoms with E-state index in [1.165, 1.54) is 11.8 Å². The van der Waals surface area contributed by atoms with E-state index in [4.69, 9.17) is 9.84 Å². The van der Waals surface area contributed by atoms with Gasteiger partial charge in [0.05, 0.1) is 18.9 Å². The van der Waals surface area contributed by atoms with Gasteiger partial charge in [0.25, 0.3) is 5.91 Å². The fourth-order valence-corrected chi connectivity index (χ4v) is 5.26. The summed E-state index contributed by atoms with van der Waals surface area (Å²) in [6.07, 6.45) is 0.712.